The second kappa shape index (κ2) is 3.06. The van der Waals surface area contributed by atoms with Crippen LogP contribution < -0.4 is 5.32 Å². The van der Waals surface area contributed by atoms with E-state index in [0.29, 0.717) is 0 Å². The van der Waals surface area contributed by atoms with Crippen molar-refractivity contribution in [2.24, 2.45) is 0 Å². The van der Waals surface area contributed by atoms with Crippen molar-refractivity contribution in [2.75, 3.05) is 25.5 Å². The standard InChI is InChI=1S/C11H14N2OS/c1-13-4-2-11(3-5-13)8-6-15-7-9(8)12-10(11)14/h6-7H,2-5H2,1H3,(H,12,14). The van der Waals surface area contributed by atoms with Gasteiger partial charge in [0, 0.05) is 10.9 Å². The van der Waals surface area contributed by atoms with Gasteiger partial charge in [0.15, 0.2) is 0 Å². The predicted molar refractivity (Wildman–Crippen MR) is 61.4 cm³/mol. The van der Waals surface area contributed by atoms with Crippen molar-refractivity contribution < 1.29 is 4.79 Å². The summed E-state index contributed by atoms with van der Waals surface area (Å²) in [6.07, 6.45) is 1.91. The van der Waals surface area contributed by atoms with Crippen LogP contribution in [0.5, 0.6) is 0 Å². The number of anilines is 1. The molecule has 15 heavy (non-hydrogen) atoms. The van der Waals surface area contributed by atoms with Crippen LogP contribution in [-0.2, 0) is 10.2 Å². The van der Waals surface area contributed by atoms with Crippen LogP contribution in [0.2, 0.25) is 0 Å². The minimum atomic E-state index is -0.207. The van der Waals surface area contributed by atoms with Gasteiger partial charge in [-0.25, -0.2) is 0 Å². The average molecular weight is 222 g/mol. The largest absolute Gasteiger partial charge is 0.324 e. The van der Waals surface area contributed by atoms with Gasteiger partial charge in [0.25, 0.3) is 0 Å². The van der Waals surface area contributed by atoms with Crippen LogP contribution in [0, 0.1) is 0 Å². The van der Waals surface area contributed by atoms with Crippen LogP contribution in [0.4, 0.5) is 5.69 Å². The Morgan fingerprint density at radius 1 is 1.40 bits per heavy atom. The molecule has 0 atom stereocenters. The molecule has 0 saturated carbocycles. The monoisotopic (exact) mass is 222 g/mol. The van der Waals surface area contributed by atoms with Crippen molar-refractivity contribution >= 4 is 22.9 Å². The molecule has 1 aromatic heterocycles. The van der Waals surface area contributed by atoms with Crippen molar-refractivity contribution in [3.8, 4) is 0 Å². The Balaban J connectivity index is 2.01. The second-order valence-electron chi connectivity index (χ2n) is 4.54. The highest BCUT2D eigenvalue weighted by molar-refractivity contribution is 7.08. The molecule has 0 radical (unpaired) electrons. The van der Waals surface area contributed by atoms with Crippen molar-refractivity contribution in [1.29, 1.82) is 0 Å². The number of rotatable bonds is 0. The number of fused-ring (bicyclic) bond motifs is 2. The molecule has 0 unspecified atom stereocenters. The van der Waals surface area contributed by atoms with E-state index in [-0.39, 0.29) is 11.3 Å². The van der Waals surface area contributed by atoms with Gasteiger partial charge in [0.2, 0.25) is 5.91 Å². The summed E-state index contributed by atoms with van der Waals surface area (Å²) in [4.78, 5) is 14.3. The molecule has 4 heteroatoms. The van der Waals surface area contributed by atoms with E-state index in [2.05, 4.69) is 22.6 Å². The molecule has 3 heterocycles. The molecule has 80 valence electrons. The van der Waals surface area contributed by atoms with Gasteiger partial charge in [0.1, 0.15) is 0 Å². The third-order valence-corrected chi connectivity index (χ3v) is 4.44. The van der Waals surface area contributed by atoms with Crippen LogP contribution in [0.15, 0.2) is 10.8 Å². The number of carbonyl (C=O) groups is 1. The maximum atomic E-state index is 12.1. The smallest absolute Gasteiger partial charge is 0.235 e. The first-order chi connectivity index (χ1) is 7.22. The summed E-state index contributed by atoms with van der Waals surface area (Å²) in [5, 5.41) is 7.19. The summed E-state index contributed by atoms with van der Waals surface area (Å²) >= 11 is 1.68. The fraction of sp³-hybridized carbons (Fsp3) is 0.545. The van der Waals surface area contributed by atoms with E-state index >= 15 is 0 Å². The first-order valence-corrected chi connectivity index (χ1v) is 6.23. The average Bonchev–Trinajstić information content (AvgIpc) is 2.75. The topological polar surface area (TPSA) is 32.3 Å². The zero-order chi connectivity index (χ0) is 10.5. The molecule has 1 fully saturated rings. The first-order valence-electron chi connectivity index (χ1n) is 5.29. The molecule has 1 amide bonds. The van der Waals surface area contributed by atoms with E-state index in [4.69, 9.17) is 0 Å². The molecule has 1 spiro atoms. The highest BCUT2D eigenvalue weighted by atomic mass is 32.1. The van der Waals surface area contributed by atoms with Gasteiger partial charge in [-0.05, 0) is 38.4 Å². The van der Waals surface area contributed by atoms with E-state index in [9.17, 15) is 4.79 Å². The number of carbonyl (C=O) groups excluding carboxylic acids is 1. The predicted octanol–water partition coefficient (Wildman–Crippen LogP) is 1.66. The number of piperidine rings is 1. The molecule has 0 aliphatic carbocycles. The number of hydrogen-bond donors (Lipinski definition) is 1. The van der Waals surface area contributed by atoms with Crippen molar-refractivity contribution in [2.45, 2.75) is 18.3 Å². The van der Waals surface area contributed by atoms with Gasteiger partial charge < -0.3 is 10.2 Å². The summed E-state index contributed by atoms with van der Waals surface area (Å²) in [6.45, 7) is 2.03. The fourth-order valence-electron chi connectivity index (χ4n) is 2.63. The number of nitrogens with zero attached hydrogens (tertiary/aromatic N) is 1. The van der Waals surface area contributed by atoms with E-state index in [1.165, 1.54) is 5.56 Å². The van der Waals surface area contributed by atoms with E-state index in [0.717, 1.165) is 31.6 Å². The highest BCUT2D eigenvalue weighted by Gasteiger charge is 2.48. The van der Waals surface area contributed by atoms with Gasteiger partial charge in [-0.1, -0.05) is 0 Å². The molecule has 0 bridgehead atoms. The Labute approximate surface area is 93.1 Å². The third-order valence-electron chi connectivity index (χ3n) is 3.70. The number of likely N-dealkylation sites (tertiary alicyclic amines) is 1. The molecular weight excluding hydrogens is 208 g/mol. The van der Waals surface area contributed by atoms with Gasteiger partial charge >= 0.3 is 0 Å². The number of thiophene rings is 1. The van der Waals surface area contributed by atoms with Crippen molar-refractivity contribution in [3.05, 3.63) is 16.3 Å². The Morgan fingerprint density at radius 3 is 2.87 bits per heavy atom. The zero-order valence-corrected chi connectivity index (χ0v) is 9.56. The maximum Gasteiger partial charge on any atom is 0.235 e. The van der Waals surface area contributed by atoms with Gasteiger partial charge in [-0.2, -0.15) is 0 Å². The lowest BCUT2D eigenvalue weighted by Gasteiger charge is -2.35. The zero-order valence-electron chi connectivity index (χ0n) is 8.75. The number of hydrogen-bond acceptors (Lipinski definition) is 3. The Hall–Kier alpha value is -0.870. The van der Waals surface area contributed by atoms with Crippen molar-refractivity contribution in [1.82, 2.24) is 4.90 Å². The van der Waals surface area contributed by atoms with Crippen LogP contribution in [-0.4, -0.2) is 30.9 Å². The molecule has 3 rings (SSSR count). The Morgan fingerprint density at radius 2 is 2.13 bits per heavy atom. The van der Waals surface area contributed by atoms with Crippen LogP contribution in [0.3, 0.4) is 0 Å². The summed E-state index contributed by atoms with van der Waals surface area (Å²) in [6, 6.07) is 0. The molecule has 2 aliphatic heterocycles. The minimum absolute atomic E-state index is 0.207. The highest BCUT2D eigenvalue weighted by Crippen LogP contribution is 2.46. The van der Waals surface area contributed by atoms with Crippen LogP contribution >= 0.6 is 11.3 Å². The number of nitrogens with one attached hydrogen (secondary N) is 1. The maximum absolute atomic E-state index is 12.1. The summed E-state index contributed by atoms with van der Waals surface area (Å²) in [7, 11) is 2.12. The lowest BCUT2D eigenvalue weighted by Crippen LogP contribution is -2.45. The fourth-order valence-corrected chi connectivity index (χ4v) is 3.50. The molecular formula is C11H14N2OS. The Bertz CT molecular complexity index is 404. The van der Waals surface area contributed by atoms with E-state index < -0.39 is 0 Å². The Kier molecular flexibility index (Phi) is 1.91. The van der Waals surface area contributed by atoms with Gasteiger partial charge in [-0.15, -0.1) is 11.3 Å². The third kappa shape index (κ3) is 1.18. The van der Waals surface area contributed by atoms with Crippen LogP contribution in [0.1, 0.15) is 18.4 Å². The SMILES string of the molecule is CN1CCC2(CC1)C(=O)Nc1cscc12. The summed E-state index contributed by atoms with van der Waals surface area (Å²) in [5.41, 5.74) is 2.09. The lowest BCUT2D eigenvalue weighted by molar-refractivity contribution is -0.122. The summed E-state index contributed by atoms with van der Waals surface area (Å²) < 4.78 is 0. The molecule has 1 aromatic rings. The second-order valence-corrected chi connectivity index (χ2v) is 5.28. The van der Waals surface area contributed by atoms with Gasteiger partial charge in [0.05, 0.1) is 11.1 Å². The normalized spacial score (nSPS) is 24.2. The van der Waals surface area contributed by atoms with E-state index in [1.807, 2.05) is 5.38 Å². The molecule has 3 nitrogen and oxygen atoms in total. The number of amides is 1. The molecule has 1 N–H and O–H groups in total. The van der Waals surface area contributed by atoms with Gasteiger partial charge in [-0.3, -0.25) is 4.79 Å². The summed E-state index contributed by atoms with van der Waals surface area (Å²) in [5.74, 6) is 0.216. The molecule has 0 aromatic carbocycles. The van der Waals surface area contributed by atoms with Crippen molar-refractivity contribution in [3.63, 3.8) is 0 Å². The first kappa shape index (κ1) is 9.36. The molecule has 2 aliphatic rings. The lowest BCUT2D eigenvalue weighted by atomic mass is 9.75. The minimum Gasteiger partial charge on any atom is -0.324 e. The molecule has 1 saturated heterocycles. The quantitative estimate of drug-likeness (QED) is 0.724. The van der Waals surface area contributed by atoms with E-state index in [1.54, 1.807) is 11.3 Å². The van der Waals surface area contributed by atoms with Crippen LogP contribution in [0.25, 0.3) is 0 Å².